The second-order valence-electron chi connectivity index (χ2n) is 3.57. The zero-order valence-electron chi connectivity index (χ0n) is 9.74. The summed E-state index contributed by atoms with van der Waals surface area (Å²) in [7, 11) is 0. The van der Waals surface area contributed by atoms with Crippen molar-refractivity contribution in [3.8, 4) is 0 Å². The zero-order valence-corrected chi connectivity index (χ0v) is 10.6. The fraction of sp³-hybridized carbons (Fsp3) is 0. The number of amides is 1. The van der Waals surface area contributed by atoms with Crippen LogP contribution in [0.15, 0.2) is 47.7 Å². The first kappa shape index (κ1) is 13.0. The van der Waals surface area contributed by atoms with Gasteiger partial charge in [-0.15, -0.1) is 11.3 Å². The molecular formula is C13H10N2O3S. The van der Waals surface area contributed by atoms with E-state index in [1.54, 1.807) is 24.3 Å². The average Bonchev–Trinajstić information content (AvgIpc) is 2.91. The molecule has 0 bridgehead atoms. The van der Waals surface area contributed by atoms with Crippen LogP contribution in [0.3, 0.4) is 0 Å². The molecule has 0 saturated heterocycles. The van der Waals surface area contributed by atoms with E-state index in [9.17, 15) is 9.59 Å². The van der Waals surface area contributed by atoms with E-state index >= 15 is 0 Å². The van der Waals surface area contributed by atoms with Crippen molar-refractivity contribution in [1.29, 1.82) is 0 Å². The van der Waals surface area contributed by atoms with Crippen LogP contribution in [-0.4, -0.2) is 22.0 Å². The molecule has 5 nitrogen and oxygen atoms in total. The predicted molar refractivity (Wildman–Crippen MR) is 71.6 cm³/mol. The molecule has 0 unspecified atom stereocenters. The van der Waals surface area contributed by atoms with Crippen molar-refractivity contribution in [3.63, 3.8) is 0 Å². The Hall–Kier alpha value is -2.47. The first-order valence-electron chi connectivity index (χ1n) is 5.36. The Kier molecular flexibility index (Phi) is 4.04. The van der Waals surface area contributed by atoms with Gasteiger partial charge in [-0.2, -0.15) is 0 Å². The monoisotopic (exact) mass is 274 g/mol. The first-order valence-corrected chi connectivity index (χ1v) is 6.24. The van der Waals surface area contributed by atoms with Crippen LogP contribution in [0.25, 0.3) is 6.08 Å². The van der Waals surface area contributed by atoms with E-state index in [0.29, 0.717) is 5.56 Å². The minimum atomic E-state index is -1.19. The molecule has 0 radical (unpaired) electrons. The Balaban J connectivity index is 2.19. The molecule has 19 heavy (non-hydrogen) atoms. The maximum Gasteiger partial charge on any atom is 0.352 e. The van der Waals surface area contributed by atoms with Gasteiger partial charge in [-0.1, -0.05) is 6.07 Å². The number of pyridine rings is 1. The molecule has 0 aliphatic heterocycles. The number of rotatable bonds is 4. The molecule has 0 aliphatic carbocycles. The molecule has 0 atom stereocenters. The van der Waals surface area contributed by atoms with Crippen LogP contribution in [-0.2, 0) is 4.79 Å². The Morgan fingerprint density at radius 2 is 2.16 bits per heavy atom. The summed E-state index contributed by atoms with van der Waals surface area (Å²) < 4.78 is 0. The van der Waals surface area contributed by atoms with Crippen molar-refractivity contribution in [3.05, 3.63) is 58.2 Å². The number of carbonyl (C=O) groups is 2. The van der Waals surface area contributed by atoms with Crippen LogP contribution in [0.1, 0.15) is 15.2 Å². The van der Waals surface area contributed by atoms with Gasteiger partial charge >= 0.3 is 5.97 Å². The molecule has 0 fully saturated rings. The van der Waals surface area contributed by atoms with Gasteiger partial charge in [0, 0.05) is 17.3 Å². The third-order valence-corrected chi connectivity index (χ3v) is 3.05. The third kappa shape index (κ3) is 3.49. The maximum atomic E-state index is 11.8. The van der Waals surface area contributed by atoms with Crippen LogP contribution < -0.4 is 5.32 Å². The lowest BCUT2D eigenvalue weighted by atomic mass is 10.2. The molecule has 2 heterocycles. The first-order chi connectivity index (χ1) is 9.16. The summed E-state index contributed by atoms with van der Waals surface area (Å²) in [4.78, 5) is 27.5. The standard InChI is InChI=1S/C13H10N2O3S/c16-12(9-3-1-5-14-8-9)15-11(13(17)18)7-10-4-2-6-19-10/h1-8H,(H,15,16)(H,17,18). The molecule has 96 valence electrons. The normalized spacial score (nSPS) is 11.1. The molecule has 2 N–H and O–H groups in total. The summed E-state index contributed by atoms with van der Waals surface area (Å²) in [5, 5.41) is 13.3. The number of aliphatic carboxylic acids is 1. The molecule has 0 aromatic carbocycles. The van der Waals surface area contributed by atoms with Gasteiger partial charge in [-0.05, 0) is 29.7 Å². The molecule has 2 aromatic heterocycles. The Morgan fingerprint density at radius 3 is 2.74 bits per heavy atom. The van der Waals surface area contributed by atoms with E-state index in [0.717, 1.165) is 4.88 Å². The van der Waals surface area contributed by atoms with Crippen LogP contribution in [0.2, 0.25) is 0 Å². The van der Waals surface area contributed by atoms with Gasteiger partial charge in [0.15, 0.2) is 0 Å². The van der Waals surface area contributed by atoms with Crippen molar-refractivity contribution in [1.82, 2.24) is 10.3 Å². The summed E-state index contributed by atoms with van der Waals surface area (Å²) in [5.41, 5.74) is 0.136. The fourth-order valence-corrected chi connectivity index (χ4v) is 2.02. The van der Waals surface area contributed by atoms with Gasteiger partial charge < -0.3 is 10.4 Å². The van der Waals surface area contributed by atoms with Crippen LogP contribution in [0.4, 0.5) is 0 Å². The Labute approximate surface area is 113 Å². The second-order valence-corrected chi connectivity index (χ2v) is 4.55. The quantitative estimate of drug-likeness (QED) is 0.836. The highest BCUT2D eigenvalue weighted by atomic mass is 32.1. The van der Waals surface area contributed by atoms with E-state index in [1.807, 2.05) is 5.38 Å². The van der Waals surface area contributed by atoms with Crippen molar-refractivity contribution in [2.45, 2.75) is 0 Å². The number of nitrogens with one attached hydrogen (secondary N) is 1. The Morgan fingerprint density at radius 1 is 1.32 bits per heavy atom. The van der Waals surface area contributed by atoms with E-state index in [1.165, 1.54) is 29.8 Å². The number of carbonyl (C=O) groups excluding carboxylic acids is 1. The van der Waals surface area contributed by atoms with Gasteiger partial charge in [0.2, 0.25) is 0 Å². The summed E-state index contributed by atoms with van der Waals surface area (Å²) in [5.74, 6) is -1.69. The fourth-order valence-electron chi connectivity index (χ4n) is 1.36. The summed E-state index contributed by atoms with van der Waals surface area (Å²) >= 11 is 1.39. The minimum absolute atomic E-state index is 0.170. The topological polar surface area (TPSA) is 79.3 Å². The van der Waals surface area contributed by atoms with Crippen LogP contribution in [0.5, 0.6) is 0 Å². The second kappa shape index (κ2) is 5.92. The van der Waals surface area contributed by atoms with E-state index in [2.05, 4.69) is 10.3 Å². The SMILES string of the molecule is O=C(O)C(=Cc1cccs1)NC(=O)c1cccnc1. The number of thiophene rings is 1. The lowest BCUT2D eigenvalue weighted by Crippen LogP contribution is -2.27. The number of hydrogen-bond acceptors (Lipinski definition) is 4. The molecule has 1 amide bonds. The molecule has 0 spiro atoms. The molecule has 6 heteroatoms. The molecule has 2 aromatic rings. The van der Waals surface area contributed by atoms with Crippen molar-refractivity contribution >= 4 is 29.3 Å². The highest BCUT2D eigenvalue weighted by molar-refractivity contribution is 7.10. The maximum absolute atomic E-state index is 11.8. The number of aromatic nitrogens is 1. The third-order valence-electron chi connectivity index (χ3n) is 2.23. The van der Waals surface area contributed by atoms with Crippen LogP contribution >= 0.6 is 11.3 Å². The molecule has 0 aliphatic rings. The highest BCUT2D eigenvalue weighted by Crippen LogP contribution is 2.12. The molecule has 0 saturated carbocycles. The van der Waals surface area contributed by atoms with Crippen molar-refractivity contribution < 1.29 is 14.7 Å². The van der Waals surface area contributed by atoms with Gasteiger partial charge in [-0.3, -0.25) is 9.78 Å². The van der Waals surface area contributed by atoms with Gasteiger partial charge in [0.1, 0.15) is 5.70 Å². The van der Waals surface area contributed by atoms with Crippen molar-refractivity contribution in [2.75, 3.05) is 0 Å². The lowest BCUT2D eigenvalue weighted by Gasteiger charge is -2.05. The molecular weight excluding hydrogens is 264 g/mol. The minimum Gasteiger partial charge on any atom is -0.477 e. The molecule has 2 rings (SSSR count). The van der Waals surface area contributed by atoms with E-state index in [4.69, 9.17) is 5.11 Å². The summed E-state index contributed by atoms with van der Waals surface area (Å²) in [6, 6.07) is 6.74. The lowest BCUT2D eigenvalue weighted by molar-refractivity contribution is -0.132. The van der Waals surface area contributed by atoms with Crippen LogP contribution in [0, 0.1) is 0 Å². The number of carboxylic acids is 1. The summed E-state index contributed by atoms with van der Waals surface area (Å²) in [6.45, 7) is 0. The highest BCUT2D eigenvalue weighted by Gasteiger charge is 2.13. The number of hydrogen-bond donors (Lipinski definition) is 2. The van der Waals surface area contributed by atoms with Gasteiger partial charge in [-0.25, -0.2) is 4.79 Å². The van der Waals surface area contributed by atoms with E-state index in [-0.39, 0.29) is 5.70 Å². The zero-order chi connectivity index (χ0) is 13.7. The Bertz CT molecular complexity index is 606. The summed E-state index contributed by atoms with van der Waals surface area (Å²) in [6.07, 6.45) is 4.33. The van der Waals surface area contributed by atoms with Crippen molar-refractivity contribution in [2.24, 2.45) is 0 Å². The average molecular weight is 274 g/mol. The predicted octanol–water partition coefficient (Wildman–Crippen LogP) is 2.00. The smallest absolute Gasteiger partial charge is 0.352 e. The van der Waals surface area contributed by atoms with E-state index < -0.39 is 11.9 Å². The largest absolute Gasteiger partial charge is 0.477 e. The van der Waals surface area contributed by atoms with Gasteiger partial charge in [0.05, 0.1) is 5.56 Å². The number of carboxylic acid groups (broad SMARTS) is 1. The van der Waals surface area contributed by atoms with Gasteiger partial charge in [0.25, 0.3) is 5.91 Å². The number of nitrogens with zero attached hydrogens (tertiary/aromatic N) is 1.